The van der Waals surface area contributed by atoms with Crippen LogP contribution in [0.25, 0.3) is 0 Å². The van der Waals surface area contributed by atoms with Gasteiger partial charge in [-0.2, -0.15) is 0 Å². The van der Waals surface area contributed by atoms with Gasteiger partial charge in [-0.1, -0.05) is 19.0 Å². The lowest BCUT2D eigenvalue weighted by atomic mass is 10.0. The van der Waals surface area contributed by atoms with Crippen LogP contribution >= 0.6 is 0 Å². The summed E-state index contributed by atoms with van der Waals surface area (Å²) < 4.78 is 5.24. The number of nitrogens with zero attached hydrogens (tertiary/aromatic N) is 1. The predicted octanol–water partition coefficient (Wildman–Crippen LogP) is 1.59. The van der Waals surface area contributed by atoms with Crippen molar-refractivity contribution in [1.82, 2.24) is 15.8 Å². The van der Waals surface area contributed by atoms with Crippen LogP contribution in [0.1, 0.15) is 54.4 Å². The third kappa shape index (κ3) is 2.72. The highest BCUT2D eigenvalue weighted by atomic mass is 16.5. The van der Waals surface area contributed by atoms with E-state index in [1.165, 1.54) is 0 Å². The molecule has 1 aliphatic rings. The minimum Gasteiger partial charge on any atom is -0.360 e. The van der Waals surface area contributed by atoms with Gasteiger partial charge in [0.2, 0.25) is 0 Å². The molecule has 0 radical (unpaired) electrons. The minimum atomic E-state index is -0.0637. The molecule has 1 saturated heterocycles. The molecule has 0 unspecified atom stereocenters. The highest BCUT2D eigenvalue weighted by Crippen LogP contribution is 2.22. The number of hydrogen-bond donors (Lipinski definition) is 2. The average molecular weight is 251 g/mol. The van der Waals surface area contributed by atoms with Gasteiger partial charge in [0.1, 0.15) is 5.56 Å². The van der Waals surface area contributed by atoms with Crippen LogP contribution < -0.4 is 10.6 Å². The van der Waals surface area contributed by atoms with Gasteiger partial charge in [0, 0.05) is 18.5 Å². The molecule has 1 fully saturated rings. The molecule has 1 aliphatic heterocycles. The molecule has 1 amide bonds. The zero-order valence-electron chi connectivity index (χ0n) is 11.2. The summed E-state index contributed by atoms with van der Waals surface area (Å²) in [6.45, 7) is 7.68. The maximum absolute atomic E-state index is 12.3. The van der Waals surface area contributed by atoms with Crippen molar-refractivity contribution in [2.45, 2.75) is 45.6 Å². The fraction of sp³-hybridized carbons (Fsp3) is 0.692. The first-order chi connectivity index (χ1) is 8.59. The van der Waals surface area contributed by atoms with E-state index in [2.05, 4.69) is 15.8 Å². The number of hydrogen-bond acceptors (Lipinski definition) is 4. The van der Waals surface area contributed by atoms with Gasteiger partial charge in [0.05, 0.1) is 5.69 Å². The van der Waals surface area contributed by atoms with Gasteiger partial charge in [0.25, 0.3) is 5.91 Å². The van der Waals surface area contributed by atoms with Crippen molar-refractivity contribution < 1.29 is 9.32 Å². The van der Waals surface area contributed by atoms with Gasteiger partial charge in [0.15, 0.2) is 5.76 Å². The molecule has 5 nitrogen and oxygen atoms in total. The van der Waals surface area contributed by atoms with E-state index in [1.54, 1.807) is 0 Å². The van der Waals surface area contributed by atoms with Crippen LogP contribution in [0, 0.1) is 6.92 Å². The van der Waals surface area contributed by atoms with Crippen LogP contribution in [0.4, 0.5) is 0 Å². The van der Waals surface area contributed by atoms with Gasteiger partial charge >= 0.3 is 0 Å². The Balaban J connectivity index is 2.10. The molecular weight excluding hydrogens is 230 g/mol. The lowest BCUT2D eigenvalue weighted by Gasteiger charge is -2.23. The lowest BCUT2D eigenvalue weighted by Crippen LogP contribution is -2.45. The normalized spacial score (nSPS) is 20.1. The fourth-order valence-electron chi connectivity index (χ4n) is 2.29. The number of rotatable bonds is 3. The number of carbonyl (C=O) groups excluding carboxylic acids is 1. The first-order valence-electron chi connectivity index (χ1n) is 6.57. The van der Waals surface area contributed by atoms with Crippen molar-refractivity contribution in [2.24, 2.45) is 0 Å². The highest BCUT2D eigenvalue weighted by molar-refractivity contribution is 5.96. The SMILES string of the molecule is Cc1noc(C(C)C)c1C(=O)N[C@H]1CCCNC1. The Morgan fingerprint density at radius 1 is 1.56 bits per heavy atom. The van der Waals surface area contributed by atoms with E-state index in [1.807, 2.05) is 20.8 Å². The Hall–Kier alpha value is -1.36. The summed E-state index contributed by atoms with van der Waals surface area (Å²) in [6, 6.07) is 0.209. The molecule has 0 saturated carbocycles. The van der Waals surface area contributed by atoms with Gasteiger partial charge in [-0.05, 0) is 26.3 Å². The second kappa shape index (κ2) is 5.52. The zero-order chi connectivity index (χ0) is 13.1. The van der Waals surface area contributed by atoms with E-state index < -0.39 is 0 Å². The molecule has 5 heteroatoms. The van der Waals surface area contributed by atoms with Gasteiger partial charge < -0.3 is 15.2 Å². The third-order valence-corrected chi connectivity index (χ3v) is 3.27. The maximum Gasteiger partial charge on any atom is 0.257 e. The number of piperidine rings is 1. The van der Waals surface area contributed by atoms with Crippen molar-refractivity contribution in [3.63, 3.8) is 0 Å². The standard InChI is InChI=1S/C13H21N3O2/c1-8(2)12-11(9(3)16-18-12)13(17)15-10-5-4-6-14-7-10/h8,10,14H,4-7H2,1-3H3,(H,15,17)/t10-/m0/s1. The molecule has 2 N–H and O–H groups in total. The van der Waals surface area contributed by atoms with E-state index in [0.29, 0.717) is 17.0 Å². The first-order valence-corrected chi connectivity index (χ1v) is 6.57. The van der Waals surface area contributed by atoms with E-state index in [4.69, 9.17) is 4.52 Å². The molecule has 2 rings (SSSR count). The summed E-state index contributed by atoms with van der Waals surface area (Å²) in [7, 11) is 0. The lowest BCUT2D eigenvalue weighted by molar-refractivity contribution is 0.0927. The topological polar surface area (TPSA) is 67.2 Å². The van der Waals surface area contributed by atoms with Crippen LogP contribution in [-0.2, 0) is 0 Å². The second-order valence-electron chi connectivity index (χ2n) is 5.18. The number of aromatic nitrogens is 1. The summed E-state index contributed by atoms with van der Waals surface area (Å²) in [4.78, 5) is 12.3. The Morgan fingerprint density at radius 3 is 2.94 bits per heavy atom. The Labute approximate surface area is 107 Å². The number of amides is 1. The molecule has 1 aromatic heterocycles. The molecule has 0 bridgehead atoms. The number of nitrogens with one attached hydrogen (secondary N) is 2. The van der Waals surface area contributed by atoms with Crippen LogP contribution in [0.2, 0.25) is 0 Å². The first kappa shape index (κ1) is 13.1. The average Bonchev–Trinajstić information content (AvgIpc) is 2.72. The summed E-state index contributed by atoms with van der Waals surface area (Å²) in [5, 5.41) is 10.2. The van der Waals surface area contributed by atoms with E-state index in [9.17, 15) is 4.79 Å². The monoisotopic (exact) mass is 251 g/mol. The molecule has 0 aromatic carbocycles. The van der Waals surface area contributed by atoms with E-state index in [0.717, 1.165) is 25.9 Å². The largest absolute Gasteiger partial charge is 0.360 e. The highest BCUT2D eigenvalue weighted by Gasteiger charge is 2.24. The minimum absolute atomic E-state index is 0.0637. The Kier molecular flexibility index (Phi) is 4.01. The van der Waals surface area contributed by atoms with Crippen molar-refractivity contribution in [2.75, 3.05) is 13.1 Å². The van der Waals surface area contributed by atoms with Crippen LogP contribution in [0.15, 0.2) is 4.52 Å². The van der Waals surface area contributed by atoms with Crippen LogP contribution in [-0.4, -0.2) is 30.2 Å². The molecule has 0 aliphatic carbocycles. The van der Waals surface area contributed by atoms with E-state index >= 15 is 0 Å². The Morgan fingerprint density at radius 2 is 2.33 bits per heavy atom. The molecule has 100 valence electrons. The van der Waals surface area contributed by atoms with Gasteiger partial charge in [-0.25, -0.2) is 0 Å². The van der Waals surface area contributed by atoms with Crippen molar-refractivity contribution in [3.05, 3.63) is 17.0 Å². The Bertz CT molecular complexity index is 420. The molecule has 0 spiro atoms. The quantitative estimate of drug-likeness (QED) is 0.856. The smallest absolute Gasteiger partial charge is 0.257 e. The molecule has 2 heterocycles. The number of aryl methyl sites for hydroxylation is 1. The predicted molar refractivity (Wildman–Crippen MR) is 68.7 cm³/mol. The summed E-state index contributed by atoms with van der Waals surface area (Å²) in [5.41, 5.74) is 1.27. The van der Waals surface area contributed by atoms with Crippen molar-refractivity contribution >= 4 is 5.91 Å². The third-order valence-electron chi connectivity index (χ3n) is 3.27. The zero-order valence-corrected chi connectivity index (χ0v) is 11.2. The van der Waals surface area contributed by atoms with Crippen LogP contribution in [0.3, 0.4) is 0 Å². The van der Waals surface area contributed by atoms with Gasteiger partial charge in [-0.15, -0.1) is 0 Å². The van der Waals surface area contributed by atoms with E-state index in [-0.39, 0.29) is 17.9 Å². The molecule has 18 heavy (non-hydrogen) atoms. The van der Waals surface area contributed by atoms with Crippen molar-refractivity contribution in [3.8, 4) is 0 Å². The summed E-state index contributed by atoms with van der Waals surface area (Å²) in [6.07, 6.45) is 2.13. The molecule has 1 atom stereocenters. The van der Waals surface area contributed by atoms with Crippen molar-refractivity contribution in [1.29, 1.82) is 0 Å². The number of carbonyl (C=O) groups is 1. The summed E-state index contributed by atoms with van der Waals surface area (Å²) >= 11 is 0. The maximum atomic E-state index is 12.3. The molecule has 1 aromatic rings. The van der Waals surface area contributed by atoms with Gasteiger partial charge in [-0.3, -0.25) is 4.79 Å². The van der Waals surface area contributed by atoms with Crippen LogP contribution in [0.5, 0.6) is 0 Å². The molecular formula is C13H21N3O2. The fourth-order valence-corrected chi connectivity index (χ4v) is 2.29. The second-order valence-corrected chi connectivity index (χ2v) is 5.18. The summed E-state index contributed by atoms with van der Waals surface area (Å²) in [5.74, 6) is 0.774.